The summed E-state index contributed by atoms with van der Waals surface area (Å²) in [5, 5.41) is 2.68. The van der Waals surface area contributed by atoms with Crippen molar-refractivity contribution in [3.63, 3.8) is 0 Å². The van der Waals surface area contributed by atoms with Gasteiger partial charge in [-0.2, -0.15) is 13.2 Å². The van der Waals surface area contributed by atoms with Crippen LogP contribution in [-0.2, 0) is 6.18 Å². The van der Waals surface area contributed by atoms with Crippen LogP contribution in [0.1, 0.15) is 34.5 Å². The van der Waals surface area contributed by atoms with E-state index in [0.717, 1.165) is 17.7 Å². The first-order valence-corrected chi connectivity index (χ1v) is 6.93. The minimum absolute atomic E-state index is 0.0276. The predicted octanol–water partition coefficient (Wildman–Crippen LogP) is 4.21. The van der Waals surface area contributed by atoms with Gasteiger partial charge in [-0.25, -0.2) is 0 Å². The molecule has 0 aromatic heterocycles. The zero-order valence-corrected chi connectivity index (χ0v) is 12.6. The van der Waals surface area contributed by atoms with Gasteiger partial charge < -0.3 is 10.1 Å². The molecule has 2 aromatic rings. The van der Waals surface area contributed by atoms with E-state index in [1.807, 2.05) is 0 Å². The molecule has 0 bridgehead atoms. The summed E-state index contributed by atoms with van der Waals surface area (Å²) in [6.45, 7) is 1.76. The summed E-state index contributed by atoms with van der Waals surface area (Å²) in [5.41, 5.74) is -0.0476. The molecular formula is C17H16F3NO2. The highest BCUT2D eigenvalue weighted by molar-refractivity contribution is 5.94. The van der Waals surface area contributed by atoms with Crippen molar-refractivity contribution >= 4 is 5.91 Å². The van der Waals surface area contributed by atoms with Crippen LogP contribution in [0.5, 0.6) is 5.75 Å². The average molecular weight is 323 g/mol. The highest BCUT2D eigenvalue weighted by Gasteiger charge is 2.31. The SMILES string of the molecule is COc1ccc(C(C)NC(=O)c2cccc(C(F)(F)F)c2)cc1. The van der Waals surface area contributed by atoms with Crippen LogP contribution in [0.3, 0.4) is 0 Å². The van der Waals surface area contributed by atoms with Crippen molar-refractivity contribution in [3.05, 3.63) is 65.2 Å². The van der Waals surface area contributed by atoms with Crippen molar-refractivity contribution in [1.82, 2.24) is 5.32 Å². The lowest BCUT2D eigenvalue weighted by atomic mass is 10.1. The van der Waals surface area contributed by atoms with Crippen molar-refractivity contribution in [2.24, 2.45) is 0 Å². The third-order valence-electron chi connectivity index (χ3n) is 3.42. The Balaban J connectivity index is 2.11. The van der Waals surface area contributed by atoms with Crippen molar-refractivity contribution in [2.45, 2.75) is 19.1 Å². The number of halogens is 3. The summed E-state index contributed by atoms with van der Waals surface area (Å²) >= 11 is 0. The van der Waals surface area contributed by atoms with Gasteiger partial charge in [0.25, 0.3) is 5.91 Å². The van der Waals surface area contributed by atoms with E-state index in [1.165, 1.54) is 12.1 Å². The summed E-state index contributed by atoms with van der Waals surface area (Å²) in [4.78, 5) is 12.1. The van der Waals surface area contributed by atoms with E-state index in [2.05, 4.69) is 5.32 Å². The molecule has 0 radical (unpaired) electrons. The maximum atomic E-state index is 12.7. The number of methoxy groups -OCH3 is 1. The van der Waals surface area contributed by atoms with E-state index in [4.69, 9.17) is 4.74 Å². The van der Waals surface area contributed by atoms with Gasteiger partial charge in [-0.1, -0.05) is 18.2 Å². The number of benzene rings is 2. The monoisotopic (exact) mass is 323 g/mol. The Morgan fingerprint density at radius 2 is 1.78 bits per heavy atom. The lowest BCUT2D eigenvalue weighted by molar-refractivity contribution is -0.137. The minimum atomic E-state index is -4.47. The number of hydrogen-bond acceptors (Lipinski definition) is 2. The molecule has 0 heterocycles. The Kier molecular flexibility index (Phi) is 4.93. The second-order valence-corrected chi connectivity index (χ2v) is 5.05. The third kappa shape index (κ3) is 4.25. The van der Waals surface area contributed by atoms with E-state index in [1.54, 1.807) is 38.3 Å². The Labute approximate surface area is 132 Å². The average Bonchev–Trinajstić information content (AvgIpc) is 2.54. The van der Waals surface area contributed by atoms with Crippen LogP contribution in [0, 0.1) is 0 Å². The number of carbonyl (C=O) groups is 1. The quantitative estimate of drug-likeness (QED) is 0.915. The Morgan fingerprint density at radius 1 is 1.13 bits per heavy atom. The Bertz CT molecular complexity index is 681. The molecular weight excluding hydrogens is 307 g/mol. The summed E-state index contributed by atoms with van der Waals surface area (Å²) in [6.07, 6.45) is -4.47. The molecule has 0 aliphatic rings. The predicted molar refractivity (Wildman–Crippen MR) is 80.3 cm³/mol. The molecule has 1 unspecified atom stereocenters. The number of hydrogen-bond donors (Lipinski definition) is 1. The first kappa shape index (κ1) is 16.9. The summed E-state index contributed by atoms with van der Waals surface area (Å²) < 4.78 is 43.1. The topological polar surface area (TPSA) is 38.3 Å². The van der Waals surface area contributed by atoms with Crippen LogP contribution in [0.2, 0.25) is 0 Å². The normalized spacial score (nSPS) is 12.6. The molecule has 0 aliphatic carbocycles. The number of nitrogens with one attached hydrogen (secondary N) is 1. The number of ether oxygens (including phenoxy) is 1. The van der Waals surface area contributed by atoms with E-state index in [9.17, 15) is 18.0 Å². The molecule has 2 rings (SSSR count). The first-order chi connectivity index (χ1) is 10.8. The highest BCUT2D eigenvalue weighted by Crippen LogP contribution is 2.29. The Morgan fingerprint density at radius 3 is 2.35 bits per heavy atom. The zero-order valence-electron chi connectivity index (χ0n) is 12.6. The summed E-state index contributed by atoms with van der Waals surface area (Å²) in [5.74, 6) is 0.129. The van der Waals surface area contributed by atoms with Gasteiger partial charge in [0.05, 0.1) is 18.7 Å². The van der Waals surface area contributed by atoms with Gasteiger partial charge in [0, 0.05) is 5.56 Å². The van der Waals surface area contributed by atoms with Gasteiger partial charge in [-0.3, -0.25) is 4.79 Å². The minimum Gasteiger partial charge on any atom is -0.497 e. The fraction of sp³-hybridized carbons (Fsp3) is 0.235. The molecule has 0 saturated carbocycles. The van der Waals surface area contributed by atoms with Gasteiger partial charge in [0.1, 0.15) is 5.75 Å². The maximum Gasteiger partial charge on any atom is 0.416 e. The van der Waals surface area contributed by atoms with E-state index in [-0.39, 0.29) is 11.6 Å². The Hall–Kier alpha value is -2.50. The molecule has 0 saturated heterocycles. The van der Waals surface area contributed by atoms with Crippen molar-refractivity contribution in [1.29, 1.82) is 0 Å². The molecule has 2 aromatic carbocycles. The number of alkyl halides is 3. The zero-order chi connectivity index (χ0) is 17.0. The highest BCUT2D eigenvalue weighted by atomic mass is 19.4. The van der Waals surface area contributed by atoms with Crippen LogP contribution in [0.4, 0.5) is 13.2 Å². The van der Waals surface area contributed by atoms with Gasteiger partial charge in [-0.15, -0.1) is 0 Å². The van der Waals surface area contributed by atoms with Crippen LogP contribution in [0.15, 0.2) is 48.5 Å². The molecule has 1 amide bonds. The van der Waals surface area contributed by atoms with Crippen LogP contribution in [0.25, 0.3) is 0 Å². The van der Waals surface area contributed by atoms with Crippen molar-refractivity contribution < 1.29 is 22.7 Å². The van der Waals surface area contributed by atoms with Crippen LogP contribution >= 0.6 is 0 Å². The van der Waals surface area contributed by atoms with Crippen LogP contribution in [-0.4, -0.2) is 13.0 Å². The van der Waals surface area contributed by atoms with Gasteiger partial charge in [-0.05, 0) is 42.8 Å². The van der Waals surface area contributed by atoms with Gasteiger partial charge >= 0.3 is 6.18 Å². The lowest BCUT2D eigenvalue weighted by Gasteiger charge is -2.15. The fourth-order valence-corrected chi connectivity index (χ4v) is 2.09. The fourth-order valence-electron chi connectivity index (χ4n) is 2.09. The van der Waals surface area contributed by atoms with E-state index < -0.39 is 17.6 Å². The molecule has 3 nitrogen and oxygen atoms in total. The molecule has 1 N–H and O–H groups in total. The molecule has 6 heteroatoms. The molecule has 0 fully saturated rings. The summed E-state index contributed by atoms with van der Waals surface area (Å²) in [6, 6.07) is 11.1. The maximum absolute atomic E-state index is 12.7. The second kappa shape index (κ2) is 6.73. The number of rotatable bonds is 4. The van der Waals surface area contributed by atoms with E-state index in [0.29, 0.717) is 5.75 Å². The van der Waals surface area contributed by atoms with Crippen molar-refractivity contribution in [3.8, 4) is 5.75 Å². The molecule has 0 aliphatic heterocycles. The standard InChI is InChI=1S/C17H16F3NO2/c1-11(12-6-8-15(23-2)9-7-12)21-16(22)13-4-3-5-14(10-13)17(18,19)20/h3-11H,1-2H3,(H,21,22). The number of carbonyl (C=O) groups excluding carboxylic acids is 1. The van der Waals surface area contributed by atoms with Crippen molar-refractivity contribution in [2.75, 3.05) is 7.11 Å². The van der Waals surface area contributed by atoms with E-state index >= 15 is 0 Å². The number of amides is 1. The first-order valence-electron chi connectivity index (χ1n) is 6.93. The molecule has 122 valence electrons. The van der Waals surface area contributed by atoms with Gasteiger partial charge in [0.15, 0.2) is 0 Å². The largest absolute Gasteiger partial charge is 0.497 e. The van der Waals surface area contributed by atoms with Gasteiger partial charge in [0.2, 0.25) is 0 Å². The third-order valence-corrected chi connectivity index (χ3v) is 3.42. The molecule has 0 spiro atoms. The lowest BCUT2D eigenvalue weighted by Crippen LogP contribution is -2.26. The second-order valence-electron chi connectivity index (χ2n) is 5.05. The van der Waals surface area contributed by atoms with Crippen LogP contribution < -0.4 is 10.1 Å². The smallest absolute Gasteiger partial charge is 0.416 e. The molecule has 23 heavy (non-hydrogen) atoms. The summed E-state index contributed by atoms with van der Waals surface area (Å²) in [7, 11) is 1.55. The molecule has 1 atom stereocenters.